The zero-order chi connectivity index (χ0) is 19.5. The largest absolute Gasteiger partial charge is 0.479 e. The van der Waals surface area contributed by atoms with Crippen molar-refractivity contribution in [2.24, 2.45) is 0 Å². The van der Waals surface area contributed by atoms with Gasteiger partial charge in [-0.3, -0.25) is 4.79 Å². The van der Waals surface area contributed by atoms with E-state index in [4.69, 9.17) is 5.11 Å². The molecule has 0 radical (unpaired) electrons. The highest BCUT2D eigenvalue weighted by Crippen LogP contribution is 2.29. The number of Topliss-reactive ketones (excluding diaryl/α,β-unsaturated/α-hetero) is 1. The first-order chi connectivity index (χ1) is 12.3. The third-order valence-electron chi connectivity index (χ3n) is 4.54. The Morgan fingerprint density at radius 2 is 1.92 bits per heavy atom. The maximum absolute atomic E-state index is 12.2. The molecule has 2 N–H and O–H groups in total. The summed E-state index contributed by atoms with van der Waals surface area (Å²) in [7, 11) is 0. The fourth-order valence-corrected chi connectivity index (χ4v) is 3.14. The Kier molecular flexibility index (Phi) is 9.93. The van der Waals surface area contributed by atoms with E-state index >= 15 is 0 Å². The van der Waals surface area contributed by atoms with Gasteiger partial charge in [-0.15, -0.1) is 5.73 Å². The second-order valence-electron chi connectivity index (χ2n) is 7.10. The second-order valence-corrected chi connectivity index (χ2v) is 7.10. The average molecular weight is 360 g/mol. The van der Waals surface area contributed by atoms with Gasteiger partial charge in [0.2, 0.25) is 0 Å². The molecular weight excluding hydrogens is 328 g/mol. The Morgan fingerprint density at radius 3 is 2.58 bits per heavy atom. The molecule has 4 nitrogen and oxygen atoms in total. The molecule has 0 fully saturated rings. The minimum atomic E-state index is -1.41. The van der Waals surface area contributed by atoms with Crippen molar-refractivity contribution in [2.45, 2.75) is 84.7 Å². The van der Waals surface area contributed by atoms with Crippen molar-refractivity contribution in [3.63, 3.8) is 0 Å². The summed E-state index contributed by atoms with van der Waals surface area (Å²) in [5.74, 6) is -1.04. The van der Waals surface area contributed by atoms with Gasteiger partial charge in [0, 0.05) is 24.8 Å². The zero-order valence-electron chi connectivity index (χ0n) is 16.3. The molecule has 0 spiro atoms. The maximum atomic E-state index is 12.2. The molecule has 4 heteroatoms. The quantitative estimate of drug-likeness (QED) is 0.406. The van der Waals surface area contributed by atoms with Gasteiger partial charge in [0.25, 0.3) is 0 Å². The first-order valence-corrected chi connectivity index (χ1v) is 9.59. The number of carbonyl (C=O) groups excluding carboxylic acids is 1. The Hall–Kier alpha value is -1.90. The molecule has 0 aliphatic heterocycles. The van der Waals surface area contributed by atoms with Crippen molar-refractivity contribution in [1.82, 2.24) is 0 Å². The number of carboxylic acid groups (broad SMARTS) is 1. The minimum Gasteiger partial charge on any atom is -0.479 e. The highest BCUT2D eigenvalue weighted by molar-refractivity contribution is 5.99. The van der Waals surface area contributed by atoms with Gasteiger partial charge >= 0.3 is 5.97 Å². The van der Waals surface area contributed by atoms with Crippen molar-refractivity contribution in [3.8, 4) is 0 Å². The van der Waals surface area contributed by atoms with Crippen LogP contribution in [0.2, 0.25) is 0 Å². The minimum absolute atomic E-state index is 0.0458. The number of unbranched alkanes of at least 4 members (excludes halogenated alkanes) is 4. The van der Waals surface area contributed by atoms with Crippen LogP contribution in [0.25, 0.3) is 0 Å². The summed E-state index contributed by atoms with van der Waals surface area (Å²) in [5, 5.41) is 18.2. The van der Waals surface area contributed by atoms with Crippen LogP contribution in [0.5, 0.6) is 0 Å². The summed E-state index contributed by atoms with van der Waals surface area (Å²) in [6.45, 7) is 5.84. The summed E-state index contributed by atoms with van der Waals surface area (Å²) in [4.78, 5) is 22.9. The lowest BCUT2D eigenvalue weighted by atomic mass is 10.0. The zero-order valence-corrected chi connectivity index (χ0v) is 16.3. The van der Waals surface area contributed by atoms with E-state index in [1.165, 1.54) is 25.7 Å². The number of aliphatic carboxylic acids is 1. The molecule has 26 heavy (non-hydrogen) atoms. The van der Waals surface area contributed by atoms with Crippen LogP contribution >= 0.6 is 0 Å². The van der Waals surface area contributed by atoms with Crippen LogP contribution in [-0.2, 0) is 9.59 Å². The van der Waals surface area contributed by atoms with E-state index in [0.717, 1.165) is 29.6 Å². The van der Waals surface area contributed by atoms with Gasteiger partial charge in [-0.1, -0.05) is 38.3 Å². The number of rotatable bonds is 11. The number of aliphatic hydroxyl groups is 1. The summed E-state index contributed by atoms with van der Waals surface area (Å²) >= 11 is 0. The summed E-state index contributed by atoms with van der Waals surface area (Å²) in [5.41, 5.74) is 6.66. The molecule has 0 aromatic carbocycles. The average Bonchev–Trinajstić information content (AvgIpc) is 2.90. The molecule has 1 atom stereocenters. The second kappa shape index (κ2) is 11.7. The SMILES string of the molecule is CCCCCCC=CC1=C(CC(C)=C=C(C)CC(O)C(=O)O)C(=O)CC1. The van der Waals surface area contributed by atoms with Crippen LogP contribution in [0.3, 0.4) is 0 Å². The highest BCUT2D eigenvalue weighted by atomic mass is 16.4. The molecule has 1 aliphatic rings. The molecule has 1 aliphatic carbocycles. The van der Waals surface area contributed by atoms with Crippen LogP contribution in [0, 0.1) is 0 Å². The van der Waals surface area contributed by atoms with Gasteiger partial charge in [0.15, 0.2) is 11.9 Å². The fraction of sp³-hybridized carbons (Fsp3) is 0.591. The van der Waals surface area contributed by atoms with Crippen LogP contribution in [0.15, 0.2) is 40.2 Å². The molecule has 0 aromatic heterocycles. The Bertz CT molecular complexity index is 631. The van der Waals surface area contributed by atoms with Crippen LogP contribution < -0.4 is 0 Å². The first-order valence-electron chi connectivity index (χ1n) is 9.59. The summed E-state index contributed by atoms with van der Waals surface area (Å²) in [6, 6.07) is 0. The van der Waals surface area contributed by atoms with E-state index in [9.17, 15) is 14.7 Å². The molecule has 1 rings (SSSR count). The van der Waals surface area contributed by atoms with Gasteiger partial charge < -0.3 is 10.2 Å². The van der Waals surface area contributed by atoms with E-state index in [2.05, 4.69) is 24.8 Å². The predicted octanol–water partition coefficient (Wildman–Crippen LogP) is 4.89. The number of hydrogen-bond acceptors (Lipinski definition) is 3. The third kappa shape index (κ3) is 7.99. The van der Waals surface area contributed by atoms with E-state index in [1.54, 1.807) is 6.92 Å². The van der Waals surface area contributed by atoms with Crippen LogP contribution in [0.4, 0.5) is 0 Å². The monoisotopic (exact) mass is 360 g/mol. The smallest absolute Gasteiger partial charge is 0.332 e. The van der Waals surface area contributed by atoms with Gasteiger partial charge in [0.1, 0.15) is 0 Å². The molecule has 0 heterocycles. The maximum Gasteiger partial charge on any atom is 0.332 e. The Balaban J connectivity index is 2.76. The van der Waals surface area contributed by atoms with Crippen LogP contribution in [-0.4, -0.2) is 28.1 Å². The summed E-state index contributed by atoms with van der Waals surface area (Å²) in [6.07, 6.45) is 10.8. The van der Waals surface area contributed by atoms with Crippen molar-refractivity contribution >= 4 is 11.8 Å². The molecule has 0 amide bonds. The number of hydrogen-bond donors (Lipinski definition) is 2. The lowest BCUT2D eigenvalue weighted by molar-refractivity contribution is -0.146. The van der Waals surface area contributed by atoms with Crippen LogP contribution in [0.1, 0.15) is 78.6 Å². The van der Waals surface area contributed by atoms with E-state index in [0.29, 0.717) is 18.4 Å². The van der Waals surface area contributed by atoms with Gasteiger partial charge in [0.05, 0.1) is 0 Å². The molecule has 1 unspecified atom stereocenters. The number of allylic oxidation sites excluding steroid dienone is 4. The summed E-state index contributed by atoms with van der Waals surface area (Å²) < 4.78 is 0. The molecule has 0 bridgehead atoms. The van der Waals surface area contributed by atoms with Gasteiger partial charge in [-0.25, -0.2) is 4.79 Å². The normalized spacial score (nSPS) is 15.5. The van der Waals surface area contributed by atoms with Crippen molar-refractivity contribution in [2.75, 3.05) is 0 Å². The number of carbonyl (C=O) groups is 2. The lowest BCUT2D eigenvalue weighted by Gasteiger charge is -2.05. The number of carboxylic acids is 1. The molecule has 144 valence electrons. The van der Waals surface area contributed by atoms with E-state index in [-0.39, 0.29) is 12.2 Å². The predicted molar refractivity (Wildman–Crippen MR) is 104 cm³/mol. The van der Waals surface area contributed by atoms with Crippen molar-refractivity contribution in [3.05, 3.63) is 40.2 Å². The Labute approximate surface area is 157 Å². The topological polar surface area (TPSA) is 74.6 Å². The van der Waals surface area contributed by atoms with E-state index < -0.39 is 12.1 Å². The van der Waals surface area contributed by atoms with Gasteiger partial charge in [-0.05, 0) is 49.8 Å². The van der Waals surface area contributed by atoms with Crippen molar-refractivity contribution < 1.29 is 19.8 Å². The third-order valence-corrected chi connectivity index (χ3v) is 4.54. The highest BCUT2D eigenvalue weighted by Gasteiger charge is 2.21. The Morgan fingerprint density at radius 1 is 1.19 bits per heavy atom. The van der Waals surface area contributed by atoms with E-state index in [1.807, 2.05) is 6.92 Å². The van der Waals surface area contributed by atoms with Crippen molar-refractivity contribution in [1.29, 1.82) is 0 Å². The molecule has 0 saturated heterocycles. The fourth-order valence-electron chi connectivity index (χ4n) is 3.14. The lowest BCUT2D eigenvalue weighted by Crippen LogP contribution is -2.19. The molecule has 0 aromatic rings. The first kappa shape index (κ1) is 22.1. The molecule has 0 saturated carbocycles. The number of aliphatic hydroxyl groups excluding tert-OH is 1. The number of ketones is 1. The van der Waals surface area contributed by atoms with Gasteiger partial charge in [-0.2, -0.15) is 0 Å². The molecular formula is C22H32O4. The standard InChI is InChI=1S/C22H32O4/c1-4-5-6-7-8-9-10-18-11-12-20(23)19(18)14-16(2)13-17(3)15-21(24)22(25)26/h9-10,21,24H,4-8,11-12,14-15H2,1-3H3,(H,25,26).